The van der Waals surface area contributed by atoms with Crippen molar-refractivity contribution < 1.29 is 18.4 Å². The zero-order valence-electron chi connectivity index (χ0n) is 22.1. The molecule has 0 saturated carbocycles. The van der Waals surface area contributed by atoms with Crippen molar-refractivity contribution in [1.29, 1.82) is 0 Å². The molecule has 0 spiro atoms. The Morgan fingerprint density at radius 3 is 2.67 bits per heavy atom. The lowest BCUT2D eigenvalue weighted by Crippen LogP contribution is -2.51. The van der Waals surface area contributed by atoms with E-state index in [2.05, 4.69) is 52.0 Å². The summed E-state index contributed by atoms with van der Waals surface area (Å²) in [5.74, 6) is 2.76. The number of ether oxygens (including phenoxy) is 2. The molecule has 0 bridgehead atoms. The first kappa shape index (κ1) is 26.6. The normalized spacial score (nSPS) is 17.9. The summed E-state index contributed by atoms with van der Waals surface area (Å²) in [6.45, 7) is 13.9. The van der Waals surface area contributed by atoms with E-state index in [9.17, 15) is 0 Å². The minimum Gasteiger partial charge on any atom is -0.529 e. The highest BCUT2D eigenvalue weighted by Gasteiger charge is 2.40. The molecular weight excluding hydrogens is 492 g/mol. The number of rotatable bonds is 8. The number of benzene rings is 2. The van der Waals surface area contributed by atoms with Crippen molar-refractivity contribution in [3.63, 3.8) is 0 Å². The molecular formula is C28H37ClN2O4Si. The highest BCUT2D eigenvalue weighted by atomic mass is 35.5. The predicted molar refractivity (Wildman–Crippen MR) is 146 cm³/mol. The molecule has 6 nitrogen and oxygen atoms in total. The van der Waals surface area contributed by atoms with Gasteiger partial charge in [-0.15, -0.1) is 0 Å². The summed E-state index contributed by atoms with van der Waals surface area (Å²) < 4.78 is 24.0. The second-order valence-electron chi connectivity index (χ2n) is 11.3. The zero-order chi connectivity index (χ0) is 26.1. The number of fused-ring (bicyclic) bond motifs is 1. The Kier molecular flexibility index (Phi) is 7.47. The van der Waals surface area contributed by atoms with Gasteiger partial charge in [0.15, 0.2) is 0 Å². The Morgan fingerprint density at radius 2 is 1.94 bits per heavy atom. The minimum absolute atomic E-state index is 0.0797. The topological polar surface area (TPSA) is 79.7 Å². The van der Waals surface area contributed by atoms with Gasteiger partial charge in [-0.25, -0.2) is 0 Å². The van der Waals surface area contributed by atoms with Crippen LogP contribution in [0.5, 0.6) is 17.4 Å². The SMILES string of the molecule is CCc1cccc(Cl)c1COc1ccc2c(c1)OCC(N)(Cc1cc(O[Si](C)(C)C(C)(C)C)no1)C2. The van der Waals surface area contributed by atoms with Gasteiger partial charge in [-0.2, -0.15) is 0 Å². The predicted octanol–water partition coefficient (Wildman–Crippen LogP) is 6.73. The average Bonchev–Trinajstić information content (AvgIpc) is 3.22. The summed E-state index contributed by atoms with van der Waals surface area (Å²) in [7, 11) is -1.99. The van der Waals surface area contributed by atoms with Gasteiger partial charge in [0.05, 0.1) is 5.54 Å². The van der Waals surface area contributed by atoms with Crippen LogP contribution >= 0.6 is 11.6 Å². The van der Waals surface area contributed by atoms with Crippen LogP contribution in [0.25, 0.3) is 0 Å². The maximum absolute atomic E-state index is 6.74. The molecule has 0 radical (unpaired) electrons. The number of aryl methyl sites for hydroxylation is 1. The number of hydrogen-bond acceptors (Lipinski definition) is 6. The molecule has 0 fully saturated rings. The Bertz CT molecular complexity index is 1220. The zero-order valence-corrected chi connectivity index (χ0v) is 23.9. The molecule has 36 heavy (non-hydrogen) atoms. The van der Waals surface area contributed by atoms with Crippen molar-refractivity contribution in [2.24, 2.45) is 5.73 Å². The Hall–Kier alpha value is -2.48. The highest BCUT2D eigenvalue weighted by Crippen LogP contribution is 2.38. The van der Waals surface area contributed by atoms with Crippen LogP contribution in [0.1, 0.15) is 50.1 Å². The summed E-state index contributed by atoms with van der Waals surface area (Å²) in [6, 6.07) is 13.7. The molecule has 1 aliphatic heterocycles. The molecule has 194 valence electrons. The van der Waals surface area contributed by atoms with Gasteiger partial charge in [0.25, 0.3) is 8.32 Å². The van der Waals surface area contributed by atoms with Crippen molar-refractivity contribution >= 4 is 19.9 Å². The van der Waals surface area contributed by atoms with E-state index in [1.54, 1.807) is 0 Å². The van der Waals surface area contributed by atoms with Crippen molar-refractivity contribution in [1.82, 2.24) is 5.16 Å². The molecule has 1 aliphatic rings. The molecule has 2 heterocycles. The third-order valence-corrected chi connectivity index (χ3v) is 12.0. The van der Waals surface area contributed by atoms with Crippen molar-refractivity contribution in [2.75, 3.05) is 6.61 Å². The highest BCUT2D eigenvalue weighted by molar-refractivity contribution is 6.74. The number of aromatic nitrogens is 1. The molecule has 2 N–H and O–H groups in total. The second-order valence-corrected chi connectivity index (χ2v) is 16.4. The fraction of sp³-hybridized carbons (Fsp3) is 0.464. The fourth-order valence-electron chi connectivity index (χ4n) is 4.11. The molecule has 0 aliphatic carbocycles. The third kappa shape index (κ3) is 5.90. The van der Waals surface area contributed by atoms with Crippen LogP contribution in [-0.4, -0.2) is 25.6 Å². The van der Waals surface area contributed by atoms with Crippen LogP contribution in [0.3, 0.4) is 0 Å². The maximum Gasteiger partial charge on any atom is 0.252 e. The van der Waals surface area contributed by atoms with Gasteiger partial charge >= 0.3 is 0 Å². The first-order valence-electron chi connectivity index (χ1n) is 12.5. The number of hydrogen-bond donors (Lipinski definition) is 1. The molecule has 1 atom stereocenters. The van der Waals surface area contributed by atoms with Crippen LogP contribution in [0, 0.1) is 0 Å². The second kappa shape index (κ2) is 10.1. The van der Waals surface area contributed by atoms with E-state index in [1.165, 1.54) is 5.56 Å². The van der Waals surface area contributed by atoms with Crippen molar-refractivity contribution in [3.05, 3.63) is 69.9 Å². The van der Waals surface area contributed by atoms with Crippen LogP contribution < -0.4 is 19.6 Å². The Morgan fingerprint density at radius 1 is 1.17 bits per heavy atom. The van der Waals surface area contributed by atoms with E-state index >= 15 is 0 Å². The van der Waals surface area contributed by atoms with E-state index in [4.69, 9.17) is 35.8 Å². The van der Waals surface area contributed by atoms with E-state index in [-0.39, 0.29) is 5.04 Å². The number of halogens is 1. The smallest absolute Gasteiger partial charge is 0.252 e. The first-order valence-corrected chi connectivity index (χ1v) is 15.8. The van der Waals surface area contributed by atoms with Gasteiger partial charge < -0.3 is 24.2 Å². The standard InChI is InChI=1S/C28H37ClN2O4Si/c1-7-19-9-8-10-24(29)23(19)17-32-21-12-11-20-15-28(30,18-33-25(20)13-21)16-22-14-26(31-34-22)35-36(5,6)27(2,3)4/h8-14H,7,15-18,30H2,1-6H3. The molecule has 1 aromatic heterocycles. The first-order chi connectivity index (χ1) is 16.9. The van der Waals surface area contributed by atoms with Gasteiger partial charge in [0.2, 0.25) is 5.88 Å². The molecule has 0 amide bonds. The van der Waals surface area contributed by atoms with Gasteiger partial charge in [-0.05, 0) is 59.4 Å². The summed E-state index contributed by atoms with van der Waals surface area (Å²) in [6.07, 6.45) is 2.07. The largest absolute Gasteiger partial charge is 0.529 e. The summed E-state index contributed by atoms with van der Waals surface area (Å²) >= 11 is 6.40. The Labute approximate surface area is 220 Å². The van der Waals surface area contributed by atoms with Crippen LogP contribution in [-0.2, 0) is 25.9 Å². The molecule has 1 unspecified atom stereocenters. The minimum atomic E-state index is -1.99. The summed E-state index contributed by atoms with van der Waals surface area (Å²) in [5, 5.41) is 4.95. The molecule has 3 aromatic rings. The summed E-state index contributed by atoms with van der Waals surface area (Å²) in [4.78, 5) is 0. The Balaban J connectivity index is 1.40. The molecule has 8 heteroatoms. The lowest BCUT2D eigenvalue weighted by molar-refractivity contribution is 0.179. The van der Waals surface area contributed by atoms with Gasteiger partial charge in [0, 0.05) is 29.1 Å². The van der Waals surface area contributed by atoms with E-state index in [0.29, 0.717) is 37.7 Å². The van der Waals surface area contributed by atoms with Gasteiger partial charge in [-0.3, -0.25) is 0 Å². The van der Waals surface area contributed by atoms with E-state index in [0.717, 1.165) is 34.1 Å². The lowest BCUT2D eigenvalue weighted by atomic mass is 9.86. The summed E-state index contributed by atoms with van der Waals surface area (Å²) in [5.41, 5.74) is 9.39. The van der Waals surface area contributed by atoms with E-state index in [1.807, 2.05) is 36.4 Å². The van der Waals surface area contributed by atoms with E-state index < -0.39 is 13.9 Å². The molecule has 4 rings (SSSR count). The molecule has 2 aromatic carbocycles. The average molecular weight is 529 g/mol. The van der Waals surface area contributed by atoms with Crippen molar-refractivity contribution in [2.45, 2.75) is 77.2 Å². The van der Waals surface area contributed by atoms with Crippen molar-refractivity contribution in [3.8, 4) is 17.4 Å². The lowest BCUT2D eigenvalue weighted by Gasteiger charge is -2.35. The quantitative estimate of drug-likeness (QED) is 0.326. The number of nitrogens with zero attached hydrogens (tertiary/aromatic N) is 1. The monoisotopic (exact) mass is 528 g/mol. The van der Waals surface area contributed by atoms with Crippen LogP contribution in [0.2, 0.25) is 23.2 Å². The van der Waals surface area contributed by atoms with Gasteiger partial charge in [0.1, 0.15) is 30.5 Å². The number of nitrogens with two attached hydrogens (primary N) is 1. The molecule has 0 saturated heterocycles. The van der Waals surface area contributed by atoms with Crippen LogP contribution in [0.15, 0.2) is 47.0 Å². The fourth-order valence-corrected chi connectivity index (χ4v) is 5.28. The van der Waals surface area contributed by atoms with Gasteiger partial charge in [-0.1, -0.05) is 57.5 Å². The third-order valence-electron chi connectivity index (χ3n) is 7.31. The van der Waals surface area contributed by atoms with Crippen LogP contribution in [0.4, 0.5) is 0 Å². The maximum atomic E-state index is 6.74.